The topological polar surface area (TPSA) is 135 Å². The second kappa shape index (κ2) is 22.7. The van der Waals surface area contributed by atoms with Gasteiger partial charge in [0.25, 0.3) is 0 Å². The van der Waals surface area contributed by atoms with E-state index < -0.39 is 49.4 Å². The van der Waals surface area contributed by atoms with Gasteiger partial charge in [0.05, 0.1) is 19.8 Å². The smallest absolute Gasteiger partial charge is 0.303 e. The van der Waals surface area contributed by atoms with Crippen LogP contribution in [0.1, 0.15) is 104 Å². The first-order chi connectivity index (χ1) is 18.4. The predicted molar refractivity (Wildman–Crippen MR) is 146 cm³/mol. The summed E-state index contributed by atoms with van der Waals surface area (Å²) in [5, 5.41) is 39.1. The van der Waals surface area contributed by atoms with E-state index in [9.17, 15) is 25.2 Å². The molecule has 9 nitrogen and oxygen atoms in total. The molecule has 6 atom stereocenters. The van der Waals surface area contributed by atoms with Gasteiger partial charge in [0.1, 0.15) is 30.5 Å². The van der Waals surface area contributed by atoms with E-state index in [1.807, 2.05) is 0 Å². The van der Waals surface area contributed by atoms with Crippen molar-refractivity contribution < 1.29 is 44.2 Å². The Labute approximate surface area is 229 Å². The maximum Gasteiger partial charge on any atom is 0.303 e. The number of unbranched alkanes of at least 4 members (excludes halogenated alkanes) is 12. The monoisotopic (exact) mass is 546 g/mol. The Kier molecular flexibility index (Phi) is 20.9. The fraction of sp³-hybridized carbons (Fsp3) is 0.897. The lowest BCUT2D eigenvalue weighted by Crippen LogP contribution is -2.59. The second-order valence-electron chi connectivity index (χ2n) is 10.3. The number of hydrogen-bond donors (Lipinski definition) is 4. The molecule has 0 saturated carbocycles. The van der Waals surface area contributed by atoms with Crippen molar-refractivity contribution in [1.82, 2.24) is 0 Å². The summed E-state index contributed by atoms with van der Waals surface area (Å²) < 4.78 is 21.7. The van der Waals surface area contributed by atoms with Gasteiger partial charge in [-0.15, -0.1) is 0 Å². The van der Waals surface area contributed by atoms with Gasteiger partial charge in [-0.05, 0) is 32.1 Å². The van der Waals surface area contributed by atoms with E-state index in [1.54, 1.807) is 0 Å². The predicted octanol–water partition coefficient (Wildman–Crippen LogP) is 3.79. The minimum absolute atomic E-state index is 0.127. The number of carbonyl (C=O) groups excluding carboxylic acids is 1. The summed E-state index contributed by atoms with van der Waals surface area (Å²) in [4.78, 5) is 11.4. The number of esters is 1. The molecule has 224 valence electrons. The molecule has 1 rings (SSSR count). The van der Waals surface area contributed by atoms with Crippen LogP contribution >= 0.6 is 0 Å². The first-order valence-electron chi connectivity index (χ1n) is 14.7. The Morgan fingerprint density at radius 2 is 1.39 bits per heavy atom. The minimum atomic E-state index is -1.53. The summed E-state index contributed by atoms with van der Waals surface area (Å²) in [5.74, 6) is -0.492. The van der Waals surface area contributed by atoms with Gasteiger partial charge in [0, 0.05) is 13.5 Å². The summed E-state index contributed by atoms with van der Waals surface area (Å²) in [6.45, 7) is 3.53. The van der Waals surface area contributed by atoms with E-state index in [-0.39, 0.29) is 13.2 Å². The van der Waals surface area contributed by atoms with Gasteiger partial charge in [0.15, 0.2) is 6.29 Å². The largest absolute Gasteiger partial charge is 0.458 e. The Bertz CT molecular complexity index is 599. The molecule has 0 radical (unpaired) electrons. The van der Waals surface area contributed by atoms with Gasteiger partial charge in [-0.1, -0.05) is 76.9 Å². The molecule has 0 amide bonds. The van der Waals surface area contributed by atoms with Crippen LogP contribution in [0, 0.1) is 0 Å². The lowest BCUT2D eigenvalue weighted by atomic mass is 9.99. The van der Waals surface area contributed by atoms with E-state index in [0.29, 0.717) is 6.61 Å². The summed E-state index contributed by atoms with van der Waals surface area (Å²) in [6.07, 6.45) is 14.5. The van der Waals surface area contributed by atoms with Gasteiger partial charge >= 0.3 is 5.97 Å². The third kappa shape index (κ3) is 16.1. The van der Waals surface area contributed by atoms with Gasteiger partial charge in [-0.25, -0.2) is 0 Å². The van der Waals surface area contributed by atoms with Crippen molar-refractivity contribution >= 4 is 5.97 Å². The molecule has 4 N–H and O–H groups in total. The van der Waals surface area contributed by atoms with Crippen LogP contribution in [0.5, 0.6) is 0 Å². The molecule has 0 aromatic rings. The Hall–Kier alpha value is -1.07. The van der Waals surface area contributed by atoms with E-state index in [1.165, 1.54) is 84.0 Å². The minimum Gasteiger partial charge on any atom is -0.458 e. The van der Waals surface area contributed by atoms with Crippen molar-refractivity contribution in [2.45, 2.75) is 141 Å². The van der Waals surface area contributed by atoms with Crippen LogP contribution in [0.25, 0.3) is 0 Å². The average molecular weight is 547 g/mol. The van der Waals surface area contributed by atoms with Gasteiger partial charge in [-0.2, -0.15) is 0 Å². The zero-order valence-electron chi connectivity index (χ0n) is 23.7. The molecule has 0 bridgehead atoms. The van der Waals surface area contributed by atoms with E-state index in [0.717, 1.165) is 12.8 Å². The van der Waals surface area contributed by atoms with Crippen molar-refractivity contribution in [2.24, 2.45) is 0 Å². The van der Waals surface area contributed by atoms with Crippen molar-refractivity contribution in [2.75, 3.05) is 26.4 Å². The van der Waals surface area contributed by atoms with Crippen molar-refractivity contribution in [1.29, 1.82) is 0 Å². The third-order valence-corrected chi connectivity index (χ3v) is 6.73. The van der Waals surface area contributed by atoms with Gasteiger partial charge < -0.3 is 39.4 Å². The Morgan fingerprint density at radius 3 is 1.97 bits per heavy atom. The average Bonchev–Trinajstić information content (AvgIpc) is 2.90. The highest BCUT2D eigenvalue weighted by atomic mass is 16.7. The standard InChI is InChI=1S/C29H54O9/c1-3-4-5-6-7-8-9-10-11-12-13-14-15-16-17-18-19-35-21-24(37-23(2)31)22-36-29-28(34)27(33)26(32)25(20-30)38-29/h10-11,24-30,32-34H,3-9,12-22H2,1-2H3/b11-10-. The Balaban J connectivity index is 2.07. The summed E-state index contributed by atoms with van der Waals surface area (Å²) in [5.41, 5.74) is 0. The molecule has 0 aromatic heterocycles. The lowest BCUT2D eigenvalue weighted by molar-refractivity contribution is -0.305. The maximum atomic E-state index is 11.4. The SMILES string of the molecule is CCCCCCCC/C=C\CCCCCCCCOCC(COC1OC(CO)C(O)C(O)C1O)OC(C)=O. The molecule has 1 aliphatic rings. The van der Waals surface area contributed by atoms with E-state index in [4.69, 9.17) is 18.9 Å². The molecular weight excluding hydrogens is 492 g/mol. The van der Waals surface area contributed by atoms with Crippen molar-refractivity contribution in [3.05, 3.63) is 12.2 Å². The molecule has 1 aliphatic heterocycles. The van der Waals surface area contributed by atoms with Crippen LogP contribution in [0.2, 0.25) is 0 Å². The van der Waals surface area contributed by atoms with Crippen LogP contribution in [-0.4, -0.2) is 89.6 Å². The van der Waals surface area contributed by atoms with Gasteiger partial charge in [-0.3, -0.25) is 4.79 Å². The zero-order chi connectivity index (χ0) is 28.0. The highest BCUT2D eigenvalue weighted by Gasteiger charge is 2.44. The molecule has 0 spiro atoms. The summed E-state index contributed by atoms with van der Waals surface area (Å²) in [6, 6.07) is 0. The molecular formula is C29H54O9. The number of carbonyl (C=O) groups is 1. The highest BCUT2D eigenvalue weighted by molar-refractivity contribution is 5.66. The zero-order valence-corrected chi connectivity index (χ0v) is 23.7. The lowest BCUT2D eigenvalue weighted by Gasteiger charge is -2.39. The van der Waals surface area contributed by atoms with Crippen molar-refractivity contribution in [3.8, 4) is 0 Å². The Morgan fingerprint density at radius 1 is 0.816 bits per heavy atom. The van der Waals surface area contributed by atoms with Crippen LogP contribution in [-0.2, 0) is 23.7 Å². The highest BCUT2D eigenvalue weighted by Crippen LogP contribution is 2.22. The quantitative estimate of drug-likeness (QED) is 0.0857. The third-order valence-electron chi connectivity index (χ3n) is 6.73. The number of aliphatic hydroxyl groups is 4. The summed E-state index contributed by atoms with van der Waals surface area (Å²) >= 11 is 0. The van der Waals surface area contributed by atoms with Crippen LogP contribution in [0.4, 0.5) is 0 Å². The fourth-order valence-electron chi connectivity index (χ4n) is 4.42. The van der Waals surface area contributed by atoms with Crippen LogP contribution in [0.15, 0.2) is 12.2 Å². The van der Waals surface area contributed by atoms with E-state index >= 15 is 0 Å². The maximum absolute atomic E-state index is 11.4. The van der Waals surface area contributed by atoms with Gasteiger partial charge in [0.2, 0.25) is 0 Å². The molecule has 1 saturated heterocycles. The molecule has 6 unspecified atom stereocenters. The number of ether oxygens (including phenoxy) is 4. The molecule has 9 heteroatoms. The number of allylic oxidation sites excluding steroid dienone is 2. The first-order valence-corrected chi connectivity index (χ1v) is 14.7. The van der Waals surface area contributed by atoms with Crippen LogP contribution < -0.4 is 0 Å². The molecule has 38 heavy (non-hydrogen) atoms. The molecule has 1 heterocycles. The van der Waals surface area contributed by atoms with Crippen LogP contribution in [0.3, 0.4) is 0 Å². The summed E-state index contributed by atoms with van der Waals surface area (Å²) in [7, 11) is 0. The number of rotatable bonds is 23. The molecule has 0 aromatic carbocycles. The van der Waals surface area contributed by atoms with E-state index in [2.05, 4.69) is 19.1 Å². The number of aliphatic hydroxyl groups excluding tert-OH is 4. The molecule has 1 fully saturated rings. The fourth-order valence-corrected chi connectivity index (χ4v) is 4.42. The first kappa shape index (κ1) is 35.0. The molecule has 0 aliphatic carbocycles. The second-order valence-corrected chi connectivity index (χ2v) is 10.3. The van der Waals surface area contributed by atoms with Crippen molar-refractivity contribution in [3.63, 3.8) is 0 Å². The number of hydrogen-bond acceptors (Lipinski definition) is 9. The normalized spacial score (nSPS) is 24.6.